The predicted octanol–water partition coefficient (Wildman–Crippen LogP) is -0.256. The van der Waals surface area contributed by atoms with Crippen LogP contribution in [0.2, 0.25) is 0 Å². The van der Waals surface area contributed by atoms with Crippen molar-refractivity contribution in [1.29, 1.82) is 0 Å². The van der Waals surface area contributed by atoms with Gasteiger partial charge in [-0.1, -0.05) is 10.4 Å². The number of aromatic nitrogens is 5. The van der Waals surface area contributed by atoms with Gasteiger partial charge in [0.05, 0.1) is 5.69 Å². The van der Waals surface area contributed by atoms with Crippen LogP contribution in [0.5, 0.6) is 0 Å². The fourth-order valence-electron chi connectivity index (χ4n) is 1.80. The number of carbonyl (C=O) groups is 1. The van der Waals surface area contributed by atoms with Gasteiger partial charge >= 0.3 is 5.97 Å². The van der Waals surface area contributed by atoms with Gasteiger partial charge in [0, 0.05) is 12.5 Å². The van der Waals surface area contributed by atoms with E-state index >= 15 is 0 Å². The van der Waals surface area contributed by atoms with Gasteiger partial charge in [-0.3, -0.25) is 0 Å². The molecule has 0 atom stereocenters. The minimum Gasteiger partial charge on any atom is -0.476 e. The molecule has 0 aromatic carbocycles. The molecule has 9 heteroatoms. The molecule has 0 amide bonds. The standard InChI is InChI=1S/C10H12N6O3/c11-3-6-8(10(17)18)13-15-16(6)4-7-12-9(14-19-7)5-1-2-5/h5H,1-4,11H2,(H,17,18). The van der Waals surface area contributed by atoms with Crippen LogP contribution in [0, 0.1) is 0 Å². The average Bonchev–Trinajstić information content (AvgIpc) is 2.99. The topological polar surface area (TPSA) is 133 Å². The summed E-state index contributed by atoms with van der Waals surface area (Å²) in [5, 5.41) is 20.1. The van der Waals surface area contributed by atoms with Gasteiger partial charge in [0.25, 0.3) is 0 Å². The number of hydrogen-bond acceptors (Lipinski definition) is 7. The van der Waals surface area contributed by atoms with Gasteiger partial charge in [0.2, 0.25) is 5.89 Å². The van der Waals surface area contributed by atoms with Gasteiger partial charge in [-0.15, -0.1) is 5.10 Å². The maximum Gasteiger partial charge on any atom is 0.358 e. The van der Waals surface area contributed by atoms with Gasteiger partial charge < -0.3 is 15.4 Å². The van der Waals surface area contributed by atoms with Gasteiger partial charge in [0.15, 0.2) is 11.5 Å². The number of hydrogen-bond donors (Lipinski definition) is 2. The van der Waals surface area contributed by atoms with Crippen LogP contribution >= 0.6 is 0 Å². The zero-order chi connectivity index (χ0) is 13.4. The van der Waals surface area contributed by atoms with Crippen LogP contribution in [0.3, 0.4) is 0 Å². The molecule has 2 aromatic heterocycles. The van der Waals surface area contributed by atoms with Crippen molar-refractivity contribution in [1.82, 2.24) is 25.1 Å². The Bertz CT molecular complexity index is 615. The highest BCUT2D eigenvalue weighted by molar-refractivity contribution is 5.86. The Morgan fingerprint density at radius 2 is 2.32 bits per heavy atom. The zero-order valence-electron chi connectivity index (χ0n) is 9.98. The Morgan fingerprint density at radius 3 is 2.95 bits per heavy atom. The van der Waals surface area contributed by atoms with E-state index in [1.165, 1.54) is 4.68 Å². The zero-order valence-corrected chi connectivity index (χ0v) is 9.98. The SMILES string of the molecule is NCc1c(C(=O)O)nnn1Cc1nc(C2CC2)no1. The summed E-state index contributed by atoms with van der Waals surface area (Å²) < 4.78 is 6.47. The molecular weight excluding hydrogens is 252 g/mol. The molecule has 9 nitrogen and oxygen atoms in total. The summed E-state index contributed by atoms with van der Waals surface area (Å²) in [5.74, 6) is 0.314. The molecule has 0 radical (unpaired) electrons. The summed E-state index contributed by atoms with van der Waals surface area (Å²) in [6.07, 6.45) is 2.17. The van der Waals surface area contributed by atoms with Crippen LogP contribution < -0.4 is 5.73 Å². The van der Waals surface area contributed by atoms with Gasteiger partial charge in [-0.25, -0.2) is 9.48 Å². The van der Waals surface area contributed by atoms with E-state index in [9.17, 15) is 4.79 Å². The molecule has 0 spiro atoms. The van der Waals surface area contributed by atoms with Crippen LogP contribution in [-0.2, 0) is 13.1 Å². The average molecular weight is 264 g/mol. The summed E-state index contributed by atoms with van der Waals surface area (Å²) in [4.78, 5) is 15.2. The fraction of sp³-hybridized carbons (Fsp3) is 0.500. The molecule has 3 rings (SSSR count). The van der Waals surface area contributed by atoms with Crippen LogP contribution in [-0.4, -0.2) is 36.2 Å². The van der Waals surface area contributed by atoms with Gasteiger partial charge in [-0.2, -0.15) is 4.98 Å². The normalized spacial score (nSPS) is 14.8. The van der Waals surface area contributed by atoms with Crippen LogP contribution in [0.25, 0.3) is 0 Å². The Morgan fingerprint density at radius 1 is 1.53 bits per heavy atom. The van der Waals surface area contributed by atoms with E-state index < -0.39 is 5.97 Å². The van der Waals surface area contributed by atoms with E-state index in [0.29, 0.717) is 23.3 Å². The lowest BCUT2D eigenvalue weighted by atomic mass is 10.3. The van der Waals surface area contributed by atoms with E-state index in [2.05, 4.69) is 20.5 Å². The molecule has 3 N–H and O–H groups in total. The molecule has 2 aromatic rings. The molecule has 1 aliphatic carbocycles. The third kappa shape index (κ3) is 2.19. The molecule has 100 valence electrons. The number of carboxylic acid groups (broad SMARTS) is 1. The second-order valence-electron chi connectivity index (χ2n) is 4.37. The number of nitrogens with zero attached hydrogens (tertiary/aromatic N) is 5. The number of carboxylic acids is 1. The highest BCUT2D eigenvalue weighted by atomic mass is 16.5. The number of aromatic carboxylic acids is 1. The summed E-state index contributed by atoms with van der Waals surface area (Å²) in [7, 11) is 0. The lowest BCUT2D eigenvalue weighted by molar-refractivity contribution is 0.0689. The smallest absolute Gasteiger partial charge is 0.358 e. The molecular formula is C10H12N6O3. The Hall–Kier alpha value is -2.29. The first kappa shape index (κ1) is 11.8. The minimum absolute atomic E-state index is 0.0260. The third-order valence-electron chi connectivity index (χ3n) is 2.94. The summed E-state index contributed by atoms with van der Waals surface area (Å²) in [6.45, 7) is 0.199. The highest BCUT2D eigenvalue weighted by Crippen LogP contribution is 2.38. The first-order chi connectivity index (χ1) is 9.19. The van der Waals surface area contributed by atoms with Crippen LogP contribution in [0.4, 0.5) is 0 Å². The number of nitrogens with two attached hydrogens (primary N) is 1. The maximum atomic E-state index is 10.9. The molecule has 1 saturated carbocycles. The Balaban J connectivity index is 1.83. The molecule has 0 saturated heterocycles. The van der Waals surface area contributed by atoms with Crippen molar-refractivity contribution in [2.45, 2.75) is 31.8 Å². The minimum atomic E-state index is -1.16. The first-order valence-corrected chi connectivity index (χ1v) is 5.87. The van der Waals surface area contributed by atoms with Crippen LogP contribution in [0.1, 0.15) is 46.7 Å². The van der Waals surface area contributed by atoms with Crippen molar-refractivity contribution in [3.63, 3.8) is 0 Å². The highest BCUT2D eigenvalue weighted by Gasteiger charge is 2.29. The molecule has 1 aliphatic rings. The molecule has 0 bridgehead atoms. The van der Waals surface area contributed by atoms with Crippen molar-refractivity contribution < 1.29 is 14.4 Å². The fourth-order valence-corrected chi connectivity index (χ4v) is 1.80. The second-order valence-corrected chi connectivity index (χ2v) is 4.37. The van der Waals surface area contributed by atoms with Gasteiger partial charge in [-0.05, 0) is 12.8 Å². The Kier molecular flexibility index (Phi) is 2.75. The van der Waals surface area contributed by atoms with Crippen molar-refractivity contribution in [3.05, 3.63) is 23.1 Å². The molecule has 0 unspecified atom stereocenters. The summed E-state index contributed by atoms with van der Waals surface area (Å²) in [6, 6.07) is 0. The lowest BCUT2D eigenvalue weighted by Crippen LogP contribution is -2.13. The van der Waals surface area contributed by atoms with Crippen LogP contribution in [0.15, 0.2) is 4.52 Å². The van der Waals surface area contributed by atoms with E-state index in [1.54, 1.807) is 0 Å². The van der Waals surface area contributed by atoms with E-state index in [-0.39, 0.29) is 18.8 Å². The quantitative estimate of drug-likeness (QED) is 0.754. The molecule has 0 aliphatic heterocycles. The van der Waals surface area contributed by atoms with Gasteiger partial charge in [0.1, 0.15) is 6.54 Å². The summed E-state index contributed by atoms with van der Waals surface area (Å²) >= 11 is 0. The van der Waals surface area contributed by atoms with E-state index in [0.717, 1.165) is 12.8 Å². The monoisotopic (exact) mass is 264 g/mol. The van der Waals surface area contributed by atoms with Crippen molar-refractivity contribution in [3.8, 4) is 0 Å². The lowest BCUT2D eigenvalue weighted by Gasteiger charge is -2.00. The first-order valence-electron chi connectivity index (χ1n) is 5.87. The molecule has 2 heterocycles. The summed E-state index contributed by atoms with van der Waals surface area (Å²) in [5.41, 5.74) is 5.70. The van der Waals surface area contributed by atoms with Crippen molar-refractivity contribution >= 4 is 5.97 Å². The molecule has 19 heavy (non-hydrogen) atoms. The largest absolute Gasteiger partial charge is 0.476 e. The third-order valence-corrected chi connectivity index (χ3v) is 2.94. The maximum absolute atomic E-state index is 10.9. The Labute approximate surface area is 107 Å². The van der Waals surface area contributed by atoms with E-state index in [1.807, 2.05) is 0 Å². The number of rotatable bonds is 5. The molecule has 1 fully saturated rings. The van der Waals surface area contributed by atoms with E-state index in [4.69, 9.17) is 15.4 Å². The van der Waals surface area contributed by atoms with Crippen molar-refractivity contribution in [2.24, 2.45) is 5.73 Å². The van der Waals surface area contributed by atoms with Crippen molar-refractivity contribution in [2.75, 3.05) is 0 Å². The second kappa shape index (κ2) is 4.43. The predicted molar refractivity (Wildman–Crippen MR) is 60.2 cm³/mol.